The number of tetrazole rings is 1. The Morgan fingerprint density at radius 1 is 1.17 bits per heavy atom. The van der Waals surface area contributed by atoms with Crippen molar-refractivity contribution in [3.05, 3.63) is 70.5 Å². The minimum Gasteiger partial charge on any atom is -0.345 e. The molecule has 2 aromatic carbocycles. The number of hydrogen-bond acceptors (Lipinski definition) is 4. The van der Waals surface area contributed by atoms with E-state index in [4.69, 9.17) is 0 Å². The van der Waals surface area contributed by atoms with E-state index in [0.717, 1.165) is 10.0 Å². The number of halogens is 1. The van der Waals surface area contributed by atoms with Gasteiger partial charge in [-0.25, -0.2) is 0 Å². The Hall–Kier alpha value is -2.54. The van der Waals surface area contributed by atoms with Gasteiger partial charge in [-0.2, -0.15) is 4.68 Å². The monoisotopic (exact) mass is 371 g/mol. The molecule has 1 heterocycles. The largest absolute Gasteiger partial charge is 0.345 e. The lowest BCUT2D eigenvalue weighted by Crippen LogP contribution is -2.27. The Balaban J connectivity index is 1.83. The molecule has 1 amide bonds. The topological polar surface area (TPSA) is 72.7 Å². The van der Waals surface area contributed by atoms with Gasteiger partial charge in [0.15, 0.2) is 0 Å². The van der Waals surface area contributed by atoms with Gasteiger partial charge in [0.1, 0.15) is 6.33 Å². The highest BCUT2D eigenvalue weighted by molar-refractivity contribution is 9.10. The van der Waals surface area contributed by atoms with Crippen molar-refractivity contribution in [3.8, 4) is 5.69 Å². The zero-order valence-electron chi connectivity index (χ0n) is 12.3. The van der Waals surface area contributed by atoms with Crippen molar-refractivity contribution in [1.29, 1.82) is 0 Å². The van der Waals surface area contributed by atoms with E-state index in [1.807, 2.05) is 43.3 Å². The summed E-state index contributed by atoms with van der Waals surface area (Å²) >= 11 is 3.40. The van der Waals surface area contributed by atoms with Crippen LogP contribution in [-0.4, -0.2) is 26.1 Å². The molecule has 1 N–H and O–H groups in total. The summed E-state index contributed by atoms with van der Waals surface area (Å²) in [4.78, 5) is 12.6. The average molecular weight is 372 g/mol. The number of aromatic nitrogens is 4. The quantitative estimate of drug-likeness (QED) is 0.765. The Kier molecular flexibility index (Phi) is 4.47. The molecule has 0 spiro atoms. The third-order valence-electron chi connectivity index (χ3n) is 3.46. The van der Waals surface area contributed by atoms with E-state index in [1.54, 1.807) is 12.1 Å². The molecule has 0 fully saturated rings. The Labute approximate surface area is 141 Å². The molecule has 0 radical (unpaired) electrons. The molecule has 6 nitrogen and oxygen atoms in total. The zero-order chi connectivity index (χ0) is 16.2. The first-order valence-corrected chi connectivity index (χ1v) is 7.83. The van der Waals surface area contributed by atoms with Crippen LogP contribution >= 0.6 is 15.9 Å². The van der Waals surface area contributed by atoms with E-state index < -0.39 is 0 Å². The Morgan fingerprint density at radius 2 is 1.91 bits per heavy atom. The molecule has 7 heteroatoms. The van der Waals surface area contributed by atoms with Crippen LogP contribution in [0.25, 0.3) is 5.69 Å². The molecule has 23 heavy (non-hydrogen) atoms. The number of nitrogens with one attached hydrogen (secondary N) is 1. The number of nitrogens with zero attached hydrogens (tertiary/aromatic N) is 4. The van der Waals surface area contributed by atoms with Gasteiger partial charge in [-0.1, -0.05) is 40.2 Å². The molecule has 116 valence electrons. The summed E-state index contributed by atoms with van der Waals surface area (Å²) < 4.78 is 2.47. The van der Waals surface area contributed by atoms with Crippen molar-refractivity contribution in [2.24, 2.45) is 0 Å². The predicted octanol–water partition coefficient (Wildman–Crippen LogP) is 2.92. The maximum absolute atomic E-state index is 12.6. The highest BCUT2D eigenvalue weighted by Crippen LogP contribution is 2.18. The van der Waals surface area contributed by atoms with E-state index in [9.17, 15) is 4.79 Å². The fourth-order valence-electron chi connectivity index (χ4n) is 2.25. The summed E-state index contributed by atoms with van der Waals surface area (Å²) in [5, 5.41) is 14.1. The number of carbonyl (C=O) groups excluding carboxylic acids is 1. The van der Waals surface area contributed by atoms with Crippen molar-refractivity contribution in [2.45, 2.75) is 13.0 Å². The molecule has 1 atom stereocenters. The molecule has 0 aliphatic carbocycles. The van der Waals surface area contributed by atoms with E-state index in [0.29, 0.717) is 11.3 Å². The minimum absolute atomic E-state index is 0.113. The first-order chi connectivity index (χ1) is 11.1. The molecule has 0 unspecified atom stereocenters. The average Bonchev–Trinajstić information content (AvgIpc) is 3.09. The highest BCUT2D eigenvalue weighted by Gasteiger charge is 2.16. The van der Waals surface area contributed by atoms with Crippen LogP contribution in [0.1, 0.15) is 28.9 Å². The second-order valence-corrected chi connectivity index (χ2v) is 5.93. The van der Waals surface area contributed by atoms with Gasteiger partial charge in [0, 0.05) is 4.47 Å². The molecule has 0 bridgehead atoms. The summed E-state index contributed by atoms with van der Waals surface area (Å²) in [7, 11) is 0. The summed E-state index contributed by atoms with van der Waals surface area (Å²) in [6, 6.07) is 14.9. The molecular weight excluding hydrogens is 358 g/mol. The zero-order valence-corrected chi connectivity index (χ0v) is 13.9. The fraction of sp³-hybridized carbons (Fsp3) is 0.125. The van der Waals surface area contributed by atoms with Crippen LogP contribution in [0.3, 0.4) is 0 Å². The predicted molar refractivity (Wildman–Crippen MR) is 89.2 cm³/mol. The van der Waals surface area contributed by atoms with E-state index in [-0.39, 0.29) is 11.9 Å². The van der Waals surface area contributed by atoms with Gasteiger partial charge in [0.05, 0.1) is 17.3 Å². The number of amides is 1. The van der Waals surface area contributed by atoms with Crippen molar-refractivity contribution in [3.63, 3.8) is 0 Å². The smallest absolute Gasteiger partial charge is 0.253 e. The fourth-order valence-corrected chi connectivity index (χ4v) is 2.51. The van der Waals surface area contributed by atoms with Crippen molar-refractivity contribution in [1.82, 2.24) is 25.5 Å². The first kappa shape index (κ1) is 15.4. The van der Waals surface area contributed by atoms with E-state index in [1.165, 1.54) is 11.0 Å². The second kappa shape index (κ2) is 6.70. The third kappa shape index (κ3) is 3.45. The van der Waals surface area contributed by atoms with Gasteiger partial charge < -0.3 is 5.32 Å². The molecule has 0 aliphatic rings. The summed E-state index contributed by atoms with van der Waals surface area (Å²) in [5.74, 6) is -0.175. The number of rotatable bonds is 4. The molecule has 1 aromatic heterocycles. The standard InChI is InChI=1S/C16H14BrN5O/c1-11(12-6-8-13(17)9-7-12)19-16(23)14-4-2-3-5-15(14)22-10-18-20-21-22/h2-11H,1H3,(H,19,23)/t11-/m0/s1. The van der Waals surface area contributed by atoms with Gasteiger partial charge in [0.2, 0.25) is 0 Å². The first-order valence-electron chi connectivity index (χ1n) is 7.04. The minimum atomic E-state index is -0.175. The van der Waals surface area contributed by atoms with Gasteiger partial charge in [-0.3, -0.25) is 4.79 Å². The molecule has 0 saturated carbocycles. The lowest BCUT2D eigenvalue weighted by Gasteiger charge is -2.16. The number of hydrogen-bond donors (Lipinski definition) is 1. The number of carbonyl (C=O) groups is 1. The number of benzene rings is 2. The molecule has 0 saturated heterocycles. The molecule has 3 rings (SSSR count). The van der Waals surface area contributed by atoms with Crippen LogP contribution in [-0.2, 0) is 0 Å². The maximum atomic E-state index is 12.6. The van der Waals surface area contributed by atoms with Crippen molar-refractivity contribution < 1.29 is 4.79 Å². The van der Waals surface area contributed by atoms with Crippen LogP contribution in [0, 0.1) is 0 Å². The summed E-state index contributed by atoms with van der Waals surface area (Å²) in [6.45, 7) is 1.95. The van der Waals surface area contributed by atoms with Crippen LogP contribution in [0.5, 0.6) is 0 Å². The van der Waals surface area contributed by atoms with Crippen LogP contribution in [0.15, 0.2) is 59.3 Å². The molecule has 3 aromatic rings. The van der Waals surface area contributed by atoms with Crippen LogP contribution < -0.4 is 5.32 Å². The van der Waals surface area contributed by atoms with E-state index >= 15 is 0 Å². The van der Waals surface area contributed by atoms with Crippen LogP contribution in [0.2, 0.25) is 0 Å². The SMILES string of the molecule is C[C@H](NC(=O)c1ccccc1-n1cnnn1)c1ccc(Br)cc1. The third-order valence-corrected chi connectivity index (χ3v) is 3.99. The highest BCUT2D eigenvalue weighted by atomic mass is 79.9. The molecule has 0 aliphatic heterocycles. The molecular formula is C16H14BrN5O. The van der Waals surface area contributed by atoms with Gasteiger partial charge in [0.25, 0.3) is 5.91 Å². The second-order valence-electron chi connectivity index (χ2n) is 5.02. The van der Waals surface area contributed by atoms with E-state index in [2.05, 4.69) is 36.8 Å². The summed E-state index contributed by atoms with van der Waals surface area (Å²) in [6.07, 6.45) is 1.46. The summed E-state index contributed by atoms with van der Waals surface area (Å²) in [5.41, 5.74) is 2.18. The van der Waals surface area contributed by atoms with Crippen LogP contribution in [0.4, 0.5) is 0 Å². The van der Waals surface area contributed by atoms with Gasteiger partial charge in [-0.15, -0.1) is 5.10 Å². The maximum Gasteiger partial charge on any atom is 0.253 e. The Morgan fingerprint density at radius 3 is 2.61 bits per heavy atom. The van der Waals surface area contributed by atoms with Crippen molar-refractivity contribution >= 4 is 21.8 Å². The lowest BCUT2D eigenvalue weighted by molar-refractivity contribution is 0.0939. The van der Waals surface area contributed by atoms with Crippen molar-refractivity contribution in [2.75, 3.05) is 0 Å². The van der Waals surface area contributed by atoms with Gasteiger partial charge in [-0.05, 0) is 47.2 Å². The normalized spacial score (nSPS) is 11.9. The number of para-hydroxylation sites is 1. The van der Waals surface area contributed by atoms with Gasteiger partial charge >= 0.3 is 0 Å². The lowest BCUT2D eigenvalue weighted by atomic mass is 10.1. The Bertz CT molecular complexity index is 802.